The van der Waals surface area contributed by atoms with E-state index in [-0.39, 0.29) is 0 Å². The van der Waals surface area contributed by atoms with Crippen LogP contribution >= 0.6 is 11.6 Å². The molecule has 0 saturated carbocycles. The summed E-state index contributed by atoms with van der Waals surface area (Å²) in [5.41, 5.74) is 4.26. The van der Waals surface area contributed by atoms with E-state index >= 15 is 0 Å². The quantitative estimate of drug-likeness (QED) is 0.507. The lowest BCUT2D eigenvalue weighted by Gasteiger charge is -2.24. The van der Waals surface area contributed by atoms with Gasteiger partial charge in [-0.1, -0.05) is 90.5 Å². The Hall–Kier alpha value is -2.39. The SMILES string of the molecule is C=CCN(Cc1ccc(-c2ccccc2Cl)cc1)CC(O)c1ccccc1. The second-order valence-corrected chi connectivity index (χ2v) is 6.99. The van der Waals surface area contributed by atoms with Crippen molar-refractivity contribution >= 4 is 11.6 Å². The lowest BCUT2D eigenvalue weighted by molar-refractivity contribution is 0.116. The molecule has 1 atom stereocenters. The van der Waals surface area contributed by atoms with Gasteiger partial charge in [0.25, 0.3) is 0 Å². The molecular formula is C24H24ClNO. The molecular weight excluding hydrogens is 354 g/mol. The second kappa shape index (κ2) is 9.52. The lowest BCUT2D eigenvalue weighted by Crippen LogP contribution is -2.28. The van der Waals surface area contributed by atoms with E-state index < -0.39 is 6.10 Å². The van der Waals surface area contributed by atoms with Gasteiger partial charge in [-0.15, -0.1) is 6.58 Å². The topological polar surface area (TPSA) is 23.5 Å². The predicted octanol–water partition coefficient (Wildman–Crippen LogP) is 5.73. The zero-order chi connectivity index (χ0) is 19.1. The summed E-state index contributed by atoms with van der Waals surface area (Å²) in [5.74, 6) is 0. The van der Waals surface area contributed by atoms with Crippen molar-refractivity contribution < 1.29 is 5.11 Å². The highest BCUT2D eigenvalue weighted by Gasteiger charge is 2.13. The Labute approximate surface area is 166 Å². The molecule has 2 nitrogen and oxygen atoms in total. The van der Waals surface area contributed by atoms with Gasteiger partial charge >= 0.3 is 0 Å². The molecule has 0 bridgehead atoms. The van der Waals surface area contributed by atoms with Crippen LogP contribution in [0.3, 0.4) is 0 Å². The summed E-state index contributed by atoms with van der Waals surface area (Å²) < 4.78 is 0. The van der Waals surface area contributed by atoms with Crippen LogP contribution in [0, 0.1) is 0 Å². The van der Waals surface area contributed by atoms with E-state index in [0.29, 0.717) is 6.54 Å². The van der Waals surface area contributed by atoms with E-state index in [2.05, 4.69) is 35.7 Å². The Kier molecular flexibility index (Phi) is 6.83. The molecule has 3 aromatic rings. The van der Waals surface area contributed by atoms with Gasteiger partial charge in [-0.05, 0) is 22.8 Å². The third-order valence-corrected chi connectivity index (χ3v) is 4.88. The van der Waals surface area contributed by atoms with Crippen LogP contribution < -0.4 is 0 Å². The standard InChI is InChI=1S/C24H24ClNO/c1-2-16-26(18-24(27)21-8-4-3-5-9-21)17-19-12-14-20(15-13-19)22-10-6-7-11-23(22)25/h2-15,24,27H,1,16-18H2. The van der Waals surface area contributed by atoms with E-state index in [1.807, 2.05) is 60.7 Å². The Morgan fingerprint density at radius 3 is 2.26 bits per heavy atom. The third kappa shape index (κ3) is 5.30. The summed E-state index contributed by atoms with van der Waals surface area (Å²) in [6.45, 7) is 5.87. The Bertz CT molecular complexity index is 861. The number of aliphatic hydroxyl groups excluding tert-OH is 1. The monoisotopic (exact) mass is 377 g/mol. The second-order valence-electron chi connectivity index (χ2n) is 6.59. The van der Waals surface area contributed by atoms with Crippen LogP contribution in [-0.2, 0) is 6.54 Å². The van der Waals surface area contributed by atoms with Gasteiger partial charge in [0.2, 0.25) is 0 Å². The molecule has 0 heterocycles. The Balaban J connectivity index is 1.69. The van der Waals surface area contributed by atoms with Gasteiger partial charge in [-0.25, -0.2) is 0 Å². The van der Waals surface area contributed by atoms with Gasteiger partial charge < -0.3 is 5.11 Å². The maximum Gasteiger partial charge on any atom is 0.0917 e. The number of nitrogens with zero attached hydrogens (tertiary/aromatic N) is 1. The van der Waals surface area contributed by atoms with E-state index in [0.717, 1.165) is 34.8 Å². The fourth-order valence-electron chi connectivity index (χ4n) is 3.15. The first-order valence-electron chi connectivity index (χ1n) is 9.07. The van der Waals surface area contributed by atoms with E-state index in [4.69, 9.17) is 11.6 Å². The van der Waals surface area contributed by atoms with Gasteiger partial charge in [-0.2, -0.15) is 0 Å². The largest absolute Gasteiger partial charge is 0.387 e. The molecule has 3 rings (SSSR count). The lowest BCUT2D eigenvalue weighted by atomic mass is 10.0. The average molecular weight is 378 g/mol. The molecule has 0 spiro atoms. The van der Waals surface area contributed by atoms with Gasteiger partial charge in [0.15, 0.2) is 0 Å². The number of hydrogen-bond donors (Lipinski definition) is 1. The molecule has 0 aliphatic heterocycles. The molecule has 1 N–H and O–H groups in total. The van der Waals surface area contributed by atoms with E-state index in [9.17, 15) is 5.11 Å². The summed E-state index contributed by atoms with van der Waals surface area (Å²) >= 11 is 6.29. The summed E-state index contributed by atoms with van der Waals surface area (Å²) in [4.78, 5) is 2.19. The number of benzene rings is 3. The minimum Gasteiger partial charge on any atom is -0.387 e. The van der Waals surface area contributed by atoms with Gasteiger partial charge in [0.05, 0.1) is 6.10 Å². The van der Waals surface area contributed by atoms with E-state index in [1.165, 1.54) is 5.56 Å². The maximum atomic E-state index is 10.5. The van der Waals surface area contributed by atoms with Crippen LogP contribution in [0.25, 0.3) is 11.1 Å². The van der Waals surface area contributed by atoms with Gasteiger partial charge in [0.1, 0.15) is 0 Å². The molecule has 0 aromatic heterocycles. The van der Waals surface area contributed by atoms with Crippen molar-refractivity contribution in [3.05, 3.63) is 108 Å². The minimum absolute atomic E-state index is 0.520. The smallest absolute Gasteiger partial charge is 0.0917 e. The van der Waals surface area contributed by atoms with Crippen LogP contribution in [0.4, 0.5) is 0 Å². The van der Waals surface area contributed by atoms with Crippen LogP contribution in [0.5, 0.6) is 0 Å². The molecule has 3 heteroatoms. The zero-order valence-electron chi connectivity index (χ0n) is 15.3. The number of rotatable bonds is 8. The summed E-state index contributed by atoms with van der Waals surface area (Å²) in [7, 11) is 0. The van der Waals surface area contributed by atoms with Crippen molar-refractivity contribution in [3.63, 3.8) is 0 Å². The Morgan fingerprint density at radius 2 is 1.59 bits per heavy atom. The molecule has 1 unspecified atom stereocenters. The van der Waals surface area contributed by atoms with Gasteiger partial charge in [-0.3, -0.25) is 4.90 Å². The van der Waals surface area contributed by atoms with Crippen LogP contribution in [0.15, 0.2) is 91.5 Å². The molecule has 0 amide bonds. The average Bonchev–Trinajstić information content (AvgIpc) is 2.70. The number of aliphatic hydroxyl groups is 1. The fraction of sp³-hybridized carbons (Fsp3) is 0.167. The van der Waals surface area contributed by atoms with Crippen molar-refractivity contribution in [1.29, 1.82) is 0 Å². The maximum absolute atomic E-state index is 10.5. The fourth-order valence-corrected chi connectivity index (χ4v) is 3.40. The van der Waals surface area contributed by atoms with E-state index in [1.54, 1.807) is 0 Å². The normalized spacial score (nSPS) is 12.1. The third-order valence-electron chi connectivity index (χ3n) is 4.55. The first-order valence-corrected chi connectivity index (χ1v) is 9.45. The number of hydrogen-bond acceptors (Lipinski definition) is 2. The summed E-state index contributed by atoms with van der Waals surface area (Å²) in [6.07, 6.45) is 1.35. The molecule has 0 saturated heterocycles. The highest BCUT2D eigenvalue weighted by Crippen LogP contribution is 2.27. The van der Waals surface area contributed by atoms with Crippen LogP contribution in [0.2, 0.25) is 5.02 Å². The molecule has 0 aliphatic carbocycles. The minimum atomic E-state index is -0.520. The van der Waals surface area contributed by atoms with Crippen molar-refractivity contribution in [2.75, 3.05) is 13.1 Å². The van der Waals surface area contributed by atoms with Crippen LogP contribution in [-0.4, -0.2) is 23.1 Å². The van der Waals surface area contributed by atoms with Crippen molar-refractivity contribution in [2.24, 2.45) is 0 Å². The molecule has 3 aromatic carbocycles. The van der Waals surface area contributed by atoms with Crippen molar-refractivity contribution in [1.82, 2.24) is 4.90 Å². The first kappa shape index (κ1) is 19.4. The molecule has 0 fully saturated rings. The van der Waals surface area contributed by atoms with Gasteiger partial charge in [0, 0.05) is 30.2 Å². The highest BCUT2D eigenvalue weighted by molar-refractivity contribution is 6.33. The zero-order valence-corrected chi connectivity index (χ0v) is 16.0. The van der Waals surface area contributed by atoms with Crippen molar-refractivity contribution in [2.45, 2.75) is 12.6 Å². The Morgan fingerprint density at radius 1 is 0.926 bits per heavy atom. The van der Waals surface area contributed by atoms with Crippen LogP contribution in [0.1, 0.15) is 17.2 Å². The highest BCUT2D eigenvalue weighted by atomic mass is 35.5. The summed E-state index contributed by atoms with van der Waals surface area (Å²) in [6, 6.07) is 26.0. The summed E-state index contributed by atoms with van der Waals surface area (Å²) in [5, 5.41) is 11.3. The first-order chi connectivity index (χ1) is 13.2. The van der Waals surface area contributed by atoms with Crippen molar-refractivity contribution in [3.8, 4) is 11.1 Å². The predicted molar refractivity (Wildman–Crippen MR) is 114 cm³/mol. The molecule has 138 valence electrons. The molecule has 0 aliphatic rings. The number of halogens is 1. The molecule has 27 heavy (non-hydrogen) atoms. The molecule has 0 radical (unpaired) electrons.